The van der Waals surface area contributed by atoms with Crippen molar-refractivity contribution in [3.8, 4) is 39.7 Å². The van der Waals surface area contributed by atoms with E-state index < -0.39 is 0 Å². The largest absolute Gasteiger partial charge is 0.458 e. The molecule has 0 atom stereocenters. The minimum absolute atomic E-state index is 0.0112. The van der Waals surface area contributed by atoms with Gasteiger partial charge in [-0.25, -0.2) is 4.57 Å². The highest BCUT2D eigenvalue weighted by Gasteiger charge is 2.49. The number of nitrogens with zero attached hydrogens (tertiary/aromatic N) is 3. The third-order valence-corrected chi connectivity index (χ3v) is 16.4. The van der Waals surface area contributed by atoms with Crippen LogP contribution in [-0.4, -0.2) is 11.3 Å². The normalized spacial score (nSPS) is 14.7. The maximum absolute atomic E-state index is 7.40. The van der Waals surface area contributed by atoms with E-state index in [9.17, 15) is 0 Å². The van der Waals surface area contributed by atoms with E-state index in [1.807, 2.05) is 0 Å². The molecule has 1 aromatic heterocycles. The van der Waals surface area contributed by atoms with E-state index in [-0.39, 0.29) is 28.4 Å². The van der Waals surface area contributed by atoms with E-state index in [0.717, 1.165) is 17.1 Å². The molecule has 5 heteroatoms. The Morgan fingerprint density at radius 2 is 1.15 bits per heavy atom. The zero-order valence-corrected chi connectivity index (χ0v) is 45.5. The molecular formula is C66H73BN3O+. The topological polar surface area (TPSA) is 21.3 Å². The molecule has 0 aliphatic carbocycles. The summed E-state index contributed by atoms with van der Waals surface area (Å²) < 4.78 is 12.5. The van der Waals surface area contributed by atoms with E-state index in [2.05, 4.69) is 253 Å². The number of fused-ring (bicyclic) bond motifs is 7. The molecule has 4 nitrogen and oxygen atoms in total. The number of anilines is 3. The van der Waals surface area contributed by atoms with Crippen molar-refractivity contribution >= 4 is 51.2 Å². The molecule has 4 heterocycles. The molecule has 0 saturated heterocycles. The molecule has 0 N–H and O–H groups in total. The molecule has 7 aromatic carbocycles. The summed E-state index contributed by atoms with van der Waals surface area (Å²) >= 11 is 0. The van der Waals surface area contributed by atoms with Crippen LogP contribution in [0.4, 0.5) is 17.1 Å². The van der Waals surface area contributed by atoms with Crippen LogP contribution in [0.1, 0.15) is 160 Å². The molecule has 11 rings (SSSR count). The highest BCUT2D eigenvalue weighted by Crippen LogP contribution is 2.56. The van der Waals surface area contributed by atoms with Gasteiger partial charge in [-0.05, 0) is 133 Å². The van der Waals surface area contributed by atoms with Gasteiger partial charge in [-0.3, -0.25) is 0 Å². The van der Waals surface area contributed by atoms with E-state index >= 15 is 0 Å². The maximum Gasteiger partial charge on any atom is 0.295 e. The molecule has 360 valence electrons. The molecule has 0 fully saturated rings. The summed E-state index contributed by atoms with van der Waals surface area (Å²) in [5, 5.41) is 0. The number of aryl methyl sites for hydroxylation is 2. The number of benzene rings is 7. The van der Waals surface area contributed by atoms with E-state index in [4.69, 9.17) is 4.74 Å². The van der Waals surface area contributed by atoms with Gasteiger partial charge < -0.3 is 9.64 Å². The monoisotopic (exact) mass is 935 g/mol. The Labute approximate surface area is 424 Å². The van der Waals surface area contributed by atoms with E-state index in [0.29, 0.717) is 11.8 Å². The molecule has 71 heavy (non-hydrogen) atoms. The molecule has 0 saturated carbocycles. The summed E-state index contributed by atoms with van der Waals surface area (Å²) in [6.07, 6.45) is 0. The van der Waals surface area contributed by atoms with Gasteiger partial charge in [-0.1, -0.05) is 183 Å². The van der Waals surface area contributed by atoms with Crippen LogP contribution in [0.3, 0.4) is 0 Å². The molecule has 0 bridgehead atoms. The average molecular weight is 935 g/mol. The van der Waals surface area contributed by atoms with Crippen LogP contribution in [-0.2, 0) is 28.7 Å². The first-order valence-corrected chi connectivity index (χ1v) is 26.2. The predicted molar refractivity (Wildman–Crippen MR) is 302 cm³/mol. The van der Waals surface area contributed by atoms with Crippen LogP contribution >= 0.6 is 0 Å². The predicted octanol–water partition coefficient (Wildman–Crippen LogP) is 15.3. The number of imidazole rings is 1. The molecule has 3 aliphatic rings. The lowest BCUT2D eigenvalue weighted by molar-refractivity contribution is -0.633. The second-order valence-electron chi connectivity index (χ2n) is 25.4. The zero-order valence-electron chi connectivity index (χ0n) is 45.5. The van der Waals surface area contributed by atoms with Crippen molar-refractivity contribution in [3.63, 3.8) is 0 Å². The summed E-state index contributed by atoms with van der Waals surface area (Å²) in [6, 6.07) is 47.1. The highest BCUT2D eigenvalue weighted by molar-refractivity contribution is 6.99. The number of aromatic nitrogens is 2. The van der Waals surface area contributed by atoms with Crippen LogP contribution in [0.15, 0.2) is 121 Å². The fourth-order valence-electron chi connectivity index (χ4n) is 12.3. The molecule has 8 aromatic rings. The van der Waals surface area contributed by atoms with Gasteiger partial charge >= 0.3 is 0 Å². The highest BCUT2D eigenvalue weighted by atomic mass is 16.5. The van der Waals surface area contributed by atoms with Crippen LogP contribution in [0.25, 0.3) is 39.2 Å². The Bertz CT molecular complexity index is 3500. The summed E-state index contributed by atoms with van der Waals surface area (Å²) in [5.41, 5.74) is 25.1. The standard InChI is InChI=1S/C66H73BN3O/c1-38(2)45-24-20-25-46(39(3)4)59(45)70-60-48(26-21-27-54(60)68(17)62(70)47-23-19-18-22-40(47)5)41-32-55-58-57(33-41)71-56-31-29-43(64(9,10)11)36-51(56)67(58)52-37-44(65(12,13)14)35-50-61(52)69(55)53-30-28-42(63(6,7)8)34-49(53)66(50,15)16/h18-39H,1-17H3/q+1. The second kappa shape index (κ2) is 15.8. The summed E-state index contributed by atoms with van der Waals surface area (Å²) in [6.45, 7) is 37.6. The SMILES string of the molecule is Cc1ccccc1-c1n(-c2c(C(C)C)cccc2C(C)C)c2c(-c3cc4c5c(c3)N3c6ccc(C(C)(C)C)cc6C(C)(C)c6cc(C(C)(C)C)cc(c63)B5c3cc(C(C)(C)C)ccc3O4)cccc2[n+]1C. The third kappa shape index (κ3) is 7.10. The van der Waals surface area contributed by atoms with Crippen LogP contribution < -0.4 is 30.6 Å². The fraction of sp³-hybridized carbons (Fsp3) is 0.348. The minimum atomic E-state index is -0.275. The molecule has 0 radical (unpaired) electrons. The lowest BCUT2D eigenvalue weighted by atomic mass is 9.33. The zero-order chi connectivity index (χ0) is 50.6. The third-order valence-electron chi connectivity index (χ3n) is 16.4. The van der Waals surface area contributed by atoms with Crippen LogP contribution in [0.5, 0.6) is 11.5 Å². The van der Waals surface area contributed by atoms with Crippen molar-refractivity contribution in [2.24, 2.45) is 7.05 Å². The van der Waals surface area contributed by atoms with Gasteiger partial charge in [-0.2, -0.15) is 4.57 Å². The Hall–Kier alpha value is -6.33. The van der Waals surface area contributed by atoms with Gasteiger partial charge in [0.2, 0.25) is 0 Å². The molecular weight excluding hydrogens is 862 g/mol. The summed E-state index contributed by atoms with van der Waals surface area (Å²) in [4.78, 5) is 2.65. The average Bonchev–Trinajstić information content (AvgIpc) is 3.60. The van der Waals surface area contributed by atoms with Crippen LogP contribution in [0.2, 0.25) is 0 Å². The first kappa shape index (κ1) is 47.0. The van der Waals surface area contributed by atoms with Gasteiger partial charge in [0, 0.05) is 33.5 Å². The summed E-state index contributed by atoms with van der Waals surface area (Å²) in [7, 11) is 2.26. The maximum atomic E-state index is 7.40. The Morgan fingerprint density at radius 1 is 0.563 bits per heavy atom. The van der Waals surface area contributed by atoms with Crippen molar-refractivity contribution in [1.29, 1.82) is 0 Å². The fourth-order valence-corrected chi connectivity index (χ4v) is 12.3. The number of rotatable bonds is 5. The molecule has 0 spiro atoms. The number of ether oxygens (including phenoxy) is 1. The first-order valence-electron chi connectivity index (χ1n) is 26.2. The number of hydrogen-bond donors (Lipinski definition) is 0. The minimum Gasteiger partial charge on any atom is -0.458 e. The van der Waals surface area contributed by atoms with Crippen molar-refractivity contribution in [3.05, 3.63) is 166 Å². The van der Waals surface area contributed by atoms with Crippen molar-refractivity contribution in [2.75, 3.05) is 4.90 Å². The van der Waals surface area contributed by atoms with Gasteiger partial charge in [0.25, 0.3) is 12.5 Å². The number of hydrogen-bond acceptors (Lipinski definition) is 2. The quantitative estimate of drug-likeness (QED) is 0.127. The Kier molecular flexibility index (Phi) is 10.5. The summed E-state index contributed by atoms with van der Waals surface area (Å²) in [5.74, 6) is 3.64. The molecule has 0 unspecified atom stereocenters. The Morgan fingerprint density at radius 3 is 1.80 bits per heavy atom. The van der Waals surface area contributed by atoms with Crippen molar-refractivity contribution < 1.29 is 9.30 Å². The van der Waals surface area contributed by atoms with Gasteiger partial charge in [-0.15, -0.1) is 0 Å². The molecule has 0 amide bonds. The number of para-hydroxylation sites is 2. The van der Waals surface area contributed by atoms with Gasteiger partial charge in [0.15, 0.2) is 11.0 Å². The Balaban J connectivity index is 1.29. The first-order chi connectivity index (χ1) is 33.4. The van der Waals surface area contributed by atoms with Crippen LogP contribution in [0, 0.1) is 6.92 Å². The van der Waals surface area contributed by atoms with Gasteiger partial charge in [0.1, 0.15) is 17.2 Å². The lowest BCUT2D eigenvalue weighted by Gasteiger charge is -2.49. The van der Waals surface area contributed by atoms with Crippen molar-refractivity contribution in [1.82, 2.24) is 4.57 Å². The second-order valence-corrected chi connectivity index (χ2v) is 25.4. The molecule has 3 aliphatic heterocycles. The van der Waals surface area contributed by atoms with Gasteiger partial charge in [0.05, 0.1) is 18.3 Å². The smallest absolute Gasteiger partial charge is 0.295 e. The lowest BCUT2D eigenvalue weighted by Crippen LogP contribution is -2.61. The van der Waals surface area contributed by atoms with E-state index in [1.54, 1.807) is 0 Å². The van der Waals surface area contributed by atoms with Crippen molar-refractivity contribution in [2.45, 2.75) is 144 Å². The van der Waals surface area contributed by atoms with E-state index in [1.165, 1.54) is 112 Å².